The first-order valence-electron chi connectivity index (χ1n) is 13.7. The monoisotopic (exact) mass is 587 g/mol. The highest BCUT2D eigenvalue weighted by atomic mass is 32.1. The van der Waals surface area contributed by atoms with E-state index in [0.29, 0.717) is 29.2 Å². The van der Waals surface area contributed by atoms with Gasteiger partial charge in [0.25, 0.3) is 17.0 Å². The second-order valence-electron chi connectivity index (χ2n) is 9.59. The molecule has 0 radical (unpaired) electrons. The van der Waals surface area contributed by atoms with Gasteiger partial charge in [0.1, 0.15) is 16.4 Å². The van der Waals surface area contributed by atoms with Crippen molar-refractivity contribution in [3.63, 3.8) is 0 Å². The molecule has 0 unspecified atom stereocenters. The summed E-state index contributed by atoms with van der Waals surface area (Å²) in [6.07, 6.45) is 8.46. The summed E-state index contributed by atoms with van der Waals surface area (Å²) < 4.78 is 10.4. The molecule has 0 aliphatic rings. The Balaban J connectivity index is 1.31. The van der Waals surface area contributed by atoms with E-state index in [9.17, 15) is 19.2 Å². The molecule has 0 saturated carbocycles. The van der Waals surface area contributed by atoms with Gasteiger partial charge in [-0.3, -0.25) is 19.2 Å². The van der Waals surface area contributed by atoms with Crippen LogP contribution in [0.3, 0.4) is 0 Å². The number of anilines is 1. The van der Waals surface area contributed by atoms with E-state index in [2.05, 4.69) is 20.0 Å². The molecule has 9 nitrogen and oxygen atoms in total. The number of rotatable bonds is 13. The summed E-state index contributed by atoms with van der Waals surface area (Å²) in [6, 6.07) is 17.8. The van der Waals surface area contributed by atoms with Crippen LogP contribution in [0.5, 0.6) is 5.75 Å². The Morgan fingerprint density at radius 3 is 2.00 bits per heavy atom. The summed E-state index contributed by atoms with van der Waals surface area (Å²) in [7, 11) is 1.41. The van der Waals surface area contributed by atoms with E-state index in [1.54, 1.807) is 42.5 Å². The van der Waals surface area contributed by atoms with Gasteiger partial charge in [-0.25, -0.2) is 0 Å². The number of nitrogens with one attached hydrogen (secondary N) is 3. The second kappa shape index (κ2) is 15.3. The Hall–Kier alpha value is -4.70. The van der Waals surface area contributed by atoms with E-state index >= 15 is 0 Å². The van der Waals surface area contributed by atoms with Gasteiger partial charge in [-0.2, -0.15) is 0 Å². The molecule has 0 aliphatic carbocycles. The summed E-state index contributed by atoms with van der Waals surface area (Å²) in [6.45, 7) is 0.595. The molecule has 0 spiro atoms. The maximum atomic E-state index is 12.7. The zero-order valence-corrected chi connectivity index (χ0v) is 24.1. The molecule has 0 atom stereocenters. The van der Waals surface area contributed by atoms with Crippen molar-refractivity contribution < 1.29 is 19.1 Å². The molecule has 1 amide bonds. The van der Waals surface area contributed by atoms with Gasteiger partial charge in [0.15, 0.2) is 0 Å². The van der Waals surface area contributed by atoms with Crippen LogP contribution in [0, 0.1) is 0 Å². The standard InChI is InChI=1S/C32H33N3O6S/c1-40-29(36)9-5-3-2-4-6-18-41-25-16-12-23(13-17-25)21-27-31(38)34-26(30(37)35-27)20-22-10-14-24(15-11-22)33-32(39)28-8-7-19-42-28/h7-8,10-17,19-21H,2-6,9,18H2,1H3,(H,33,39)(H,34,38)(H,35,37)/b26-20+,27-21+. The van der Waals surface area contributed by atoms with Gasteiger partial charge in [0.2, 0.25) is 0 Å². The van der Waals surface area contributed by atoms with Crippen LogP contribution in [0.1, 0.15) is 59.3 Å². The number of unbranched alkanes of at least 4 members (excludes halogenated alkanes) is 4. The van der Waals surface area contributed by atoms with Crippen LogP contribution in [-0.2, 0) is 9.53 Å². The van der Waals surface area contributed by atoms with Crippen molar-refractivity contribution >= 4 is 41.1 Å². The van der Waals surface area contributed by atoms with E-state index in [-0.39, 0.29) is 22.6 Å². The molecule has 2 aromatic heterocycles. The highest BCUT2D eigenvalue weighted by Crippen LogP contribution is 2.15. The van der Waals surface area contributed by atoms with Crippen LogP contribution in [-0.4, -0.2) is 35.6 Å². The lowest BCUT2D eigenvalue weighted by molar-refractivity contribution is -0.140. The van der Waals surface area contributed by atoms with Gasteiger partial charge in [-0.15, -0.1) is 11.3 Å². The summed E-state index contributed by atoms with van der Waals surface area (Å²) in [4.78, 5) is 54.6. The van der Waals surface area contributed by atoms with Gasteiger partial charge in [-0.05, 0) is 71.8 Å². The third-order valence-electron chi connectivity index (χ3n) is 6.42. The number of hydrogen-bond donors (Lipinski definition) is 3. The van der Waals surface area contributed by atoms with Crippen molar-refractivity contribution in [2.24, 2.45) is 0 Å². The zero-order chi connectivity index (χ0) is 29.7. The Morgan fingerprint density at radius 1 is 0.810 bits per heavy atom. The molecular weight excluding hydrogens is 554 g/mol. The number of ether oxygens (including phenoxy) is 2. The Bertz CT molecular complexity index is 1710. The molecule has 4 rings (SSSR count). The van der Waals surface area contributed by atoms with Crippen molar-refractivity contribution in [1.82, 2.24) is 9.97 Å². The number of H-pyrrole nitrogens is 2. The number of thiophene rings is 1. The lowest BCUT2D eigenvalue weighted by Crippen LogP contribution is -2.46. The first-order chi connectivity index (χ1) is 20.4. The van der Waals surface area contributed by atoms with Gasteiger partial charge in [-0.1, -0.05) is 49.6 Å². The molecule has 0 bridgehead atoms. The lowest BCUT2D eigenvalue weighted by Gasteiger charge is -2.06. The number of carbonyl (C=O) groups excluding carboxylic acids is 2. The molecule has 10 heteroatoms. The average molecular weight is 588 g/mol. The molecular formula is C32H33N3O6S. The summed E-state index contributed by atoms with van der Waals surface area (Å²) in [5.74, 6) is 0.373. The number of aromatic amines is 2. The summed E-state index contributed by atoms with van der Waals surface area (Å²) >= 11 is 1.36. The smallest absolute Gasteiger partial charge is 0.305 e. The fraction of sp³-hybridized carbons (Fsp3) is 0.250. The molecule has 2 aromatic carbocycles. The quantitative estimate of drug-likeness (QED) is 0.161. The van der Waals surface area contributed by atoms with Crippen LogP contribution >= 0.6 is 11.3 Å². The normalized spacial score (nSPS) is 11.8. The molecule has 0 fully saturated rings. The number of methoxy groups -OCH3 is 1. The van der Waals surface area contributed by atoms with Gasteiger partial charge >= 0.3 is 5.97 Å². The largest absolute Gasteiger partial charge is 0.494 e. The number of amides is 1. The van der Waals surface area contributed by atoms with E-state index < -0.39 is 11.1 Å². The van der Waals surface area contributed by atoms with E-state index in [1.807, 2.05) is 35.7 Å². The maximum Gasteiger partial charge on any atom is 0.305 e. The van der Waals surface area contributed by atoms with Crippen LogP contribution in [0.15, 0.2) is 75.6 Å². The minimum Gasteiger partial charge on any atom is -0.494 e. The van der Waals surface area contributed by atoms with Crippen LogP contribution in [0.25, 0.3) is 12.2 Å². The topological polar surface area (TPSA) is 130 Å². The summed E-state index contributed by atoms with van der Waals surface area (Å²) in [5.41, 5.74) is 1.20. The number of carbonyl (C=O) groups is 2. The molecule has 0 aliphatic heterocycles. The van der Waals surface area contributed by atoms with Crippen molar-refractivity contribution in [3.05, 3.63) is 113 Å². The summed E-state index contributed by atoms with van der Waals surface area (Å²) in [5, 5.41) is 4.93. The number of hydrogen-bond acceptors (Lipinski definition) is 7. The predicted octanol–water partition coefficient (Wildman–Crippen LogP) is 3.93. The van der Waals surface area contributed by atoms with Crippen molar-refractivity contribution in [2.75, 3.05) is 19.0 Å². The van der Waals surface area contributed by atoms with Gasteiger partial charge in [0, 0.05) is 12.1 Å². The van der Waals surface area contributed by atoms with Crippen molar-refractivity contribution in [2.45, 2.75) is 38.5 Å². The molecule has 0 saturated heterocycles. The first kappa shape index (κ1) is 30.3. The number of aromatic nitrogens is 2. The fourth-order valence-electron chi connectivity index (χ4n) is 4.15. The van der Waals surface area contributed by atoms with Crippen LogP contribution < -0.4 is 31.9 Å². The SMILES string of the molecule is COC(=O)CCCCCCCOc1ccc(/C=c2/[nH]c(=O)/c(=C\c3ccc(NC(=O)c4cccs4)cc3)[nH]c2=O)cc1. The lowest BCUT2D eigenvalue weighted by atomic mass is 10.1. The molecule has 3 N–H and O–H groups in total. The highest BCUT2D eigenvalue weighted by Gasteiger charge is 2.06. The molecule has 42 heavy (non-hydrogen) atoms. The fourth-order valence-corrected chi connectivity index (χ4v) is 4.77. The average Bonchev–Trinajstić information content (AvgIpc) is 3.54. The Labute approximate surface area is 246 Å². The van der Waals surface area contributed by atoms with Crippen LogP contribution in [0.2, 0.25) is 0 Å². The number of benzene rings is 2. The first-order valence-corrected chi connectivity index (χ1v) is 14.6. The van der Waals surface area contributed by atoms with E-state index in [4.69, 9.17) is 4.74 Å². The Kier molecular flexibility index (Phi) is 11.1. The Morgan fingerprint density at radius 2 is 1.40 bits per heavy atom. The van der Waals surface area contributed by atoms with Crippen LogP contribution in [0.4, 0.5) is 5.69 Å². The maximum absolute atomic E-state index is 12.7. The van der Waals surface area contributed by atoms with E-state index in [1.165, 1.54) is 18.4 Å². The molecule has 4 aromatic rings. The van der Waals surface area contributed by atoms with Crippen molar-refractivity contribution in [1.29, 1.82) is 0 Å². The van der Waals surface area contributed by atoms with E-state index in [0.717, 1.165) is 43.4 Å². The second-order valence-corrected chi connectivity index (χ2v) is 10.5. The highest BCUT2D eigenvalue weighted by molar-refractivity contribution is 7.12. The molecule has 2 heterocycles. The van der Waals surface area contributed by atoms with Gasteiger partial charge in [0.05, 0.1) is 18.6 Å². The molecule has 218 valence electrons. The predicted molar refractivity (Wildman–Crippen MR) is 164 cm³/mol. The minimum atomic E-state index is -0.429. The minimum absolute atomic E-state index is 0.125. The third kappa shape index (κ3) is 9.17. The van der Waals surface area contributed by atoms with Gasteiger partial charge < -0.3 is 24.8 Å². The zero-order valence-electron chi connectivity index (χ0n) is 23.3. The van der Waals surface area contributed by atoms with Crippen molar-refractivity contribution in [3.8, 4) is 5.75 Å². The third-order valence-corrected chi connectivity index (χ3v) is 7.29. The number of esters is 1.